The summed E-state index contributed by atoms with van der Waals surface area (Å²) in [5.74, 6) is 3.50. The second-order valence-electron chi connectivity index (χ2n) is 16.4. The van der Waals surface area contributed by atoms with Crippen LogP contribution in [-0.2, 0) is 11.8 Å². The van der Waals surface area contributed by atoms with E-state index < -0.39 is 0 Å². The summed E-state index contributed by atoms with van der Waals surface area (Å²) in [4.78, 5) is 9.40. The van der Waals surface area contributed by atoms with Crippen LogP contribution in [0.2, 0.25) is 0 Å². The van der Waals surface area contributed by atoms with Crippen LogP contribution in [0.1, 0.15) is 42.2 Å². The molecule has 13 rings (SSSR count). The SMILES string of the molecule is CC1(C)c2ccccc2-c2ccc(-c3cc4c5c(c6oc(-c7ccc(-c8nc9ccccc9o8)cc7)cc6c4o3)CC(c3ccc(-c4nc6ccccc6o4)cc3)O5)cc21. The van der Waals surface area contributed by atoms with E-state index >= 15 is 0 Å². The largest absolute Gasteiger partial charge is 0.484 e. The first-order valence-corrected chi connectivity index (χ1v) is 20.3. The number of para-hydroxylation sites is 4. The van der Waals surface area contributed by atoms with Crippen molar-refractivity contribution in [1.82, 2.24) is 9.97 Å². The molecule has 11 aromatic rings. The quantitative estimate of drug-likeness (QED) is 0.172. The molecule has 2 aliphatic rings. The Morgan fingerprint density at radius 2 is 1.07 bits per heavy atom. The van der Waals surface area contributed by atoms with Gasteiger partial charge in [0.1, 0.15) is 45.6 Å². The number of aromatic nitrogens is 2. The summed E-state index contributed by atoms with van der Waals surface area (Å²) >= 11 is 0. The van der Waals surface area contributed by atoms with Gasteiger partial charge in [-0.3, -0.25) is 0 Å². The topological polar surface area (TPSA) is 87.6 Å². The first-order valence-electron chi connectivity index (χ1n) is 20.3. The maximum atomic E-state index is 6.93. The molecule has 5 heterocycles. The van der Waals surface area contributed by atoms with E-state index in [9.17, 15) is 0 Å². The average molecular weight is 779 g/mol. The van der Waals surface area contributed by atoms with E-state index in [1.54, 1.807) is 0 Å². The molecular weight excluding hydrogens is 745 g/mol. The van der Waals surface area contributed by atoms with E-state index in [1.807, 2.05) is 60.7 Å². The third kappa shape index (κ3) is 4.89. The molecule has 0 saturated heterocycles. The van der Waals surface area contributed by atoms with Gasteiger partial charge in [0.2, 0.25) is 11.8 Å². The van der Waals surface area contributed by atoms with Crippen LogP contribution in [0.3, 0.4) is 0 Å². The normalized spacial score (nSPS) is 15.2. The highest BCUT2D eigenvalue weighted by Crippen LogP contribution is 2.52. The Labute approximate surface area is 343 Å². The minimum Gasteiger partial charge on any atom is -0.484 e. The van der Waals surface area contributed by atoms with Gasteiger partial charge in [-0.15, -0.1) is 0 Å². The number of fused-ring (bicyclic) bond motifs is 11. The number of benzene rings is 7. The van der Waals surface area contributed by atoms with Crippen molar-refractivity contribution in [3.05, 3.63) is 174 Å². The smallest absolute Gasteiger partial charge is 0.227 e. The van der Waals surface area contributed by atoms with Gasteiger partial charge in [0, 0.05) is 39.7 Å². The summed E-state index contributed by atoms with van der Waals surface area (Å²) in [5.41, 5.74) is 15.6. The molecule has 0 saturated carbocycles. The van der Waals surface area contributed by atoms with Crippen LogP contribution in [0.25, 0.3) is 101 Å². The van der Waals surface area contributed by atoms with Crippen molar-refractivity contribution in [1.29, 1.82) is 0 Å². The molecule has 1 atom stereocenters. The Kier molecular flexibility index (Phi) is 6.78. The number of rotatable bonds is 5. The van der Waals surface area contributed by atoms with Gasteiger partial charge in [0.05, 0.1) is 10.8 Å². The van der Waals surface area contributed by atoms with Gasteiger partial charge >= 0.3 is 0 Å². The zero-order valence-corrected chi connectivity index (χ0v) is 32.7. The maximum Gasteiger partial charge on any atom is 0.227 e. The van der Waals surface area contributed by atoms with Crippen molar-refractivity contribution in [3.8, 4) is 62.4 Å². The van der Waals surface area contributed by atoms with Crippen LogP contribution >= 0.6 is 0 Å². The van der Waals surface area contributed by atoms with Gasteiger partial charge in [-0.1, -0.05) is 98.8 Å². The Morgan fingerprint density at radius 1 is 0.500 bits per heavy atom. The zero-order valence-electron chi connectivity index (χ0n) is 32.7. The van der Waals surface area contributed by atoms with E-state index in [-0.39, 0.29) is 11.5 Å². The maximum absolute atomic E-state index is 6.93. The highest BCUT2D eigenvalue weighted by Gasteiger charge is 2.36. The molecule has 4 aromatic heterocycles. The van der Waals surface area contributed by atoms with Gasteiger partial charge in [0.25, 0.3) is 0 Å². The second-order valence-corrected chi connectivity index (χ2v) is 16.4. The molecule has 0 radical (unpaired) electrons. The minimum atomic E-state index is -0.228. The fourth-order valence-electron chi connectivity index (χ4n) is 9.44. The Bertz CT molecular complexity index is 3460. The molecule has 7 nitrogen and oxygen atoms in total. The third-order valence-corrected chi connectivity index (χ3v) is 12.6. The van der Waals surface area contributed by atoms with Crippen LogP contribution in [0.5, 0.6) is 5.75 Å². The van der Waals surface area contributed by atoms with Crippen molar-refractivity contribution < 1.29 is 22.4 Å². The summed E-state index contributed by atoms with van der Waals surface area (Å²) < 4.78 is 32.8. The lowest BCUT2D eigenvalue weighted by molar-refractivity contribution is 0.241. The van der Waals surface area contributed by atoms with Crippen LogP contribution in [-0.4, -0.2) is 9.97 Å². The zero-order chi connectivity index (χ0) is 39.7. The molecule has 286 valence electrons. The van der Waals surface area contributed by atoms with Gasteiger partial charge in [0.15, 0.2) is 11.2 Å². The van der Waals surface area contributed by atoms with Crippen LogP contribution in [0.4, 0.5) is 0 Å². The Balaban J connectivity index is 0.912. The van der Waals surface area contributed by atoms with E-state index in [1.165, 1.54) is 22.3 Å². The summed E-state index contributed by atoms with van der Waals surface area (Å²) in [7, 11) is 0. The molecule has 7 heteroatoms. The Hall–Kier alpha value is -7.64. The second kappa shape index (κ2) is 12.2. The summed E-state index contributed by atoms with van der Waals surface area (Å²) in [6, 6.07) is 51.8. The van der Waals surface area contributed by atoms with Crippen LogP contribution < -0.4 is 4.74 Å². The molecule has 7 aromatic carbocycles. The number of hydrogen-bond donors (Lipinski definition) is 0. The number of furan rings is 2. The predicted octanol–water partition coefficient (Wildman–Crippen LogP) is 14.1. The molecule has 0 amide bonds. The van der Waals surface area contributed by atoms with Crippen molar-refractivity contribution >= 4 is 44.1 Å². The van der Waals surface area contributed by atoms with E-state index in [4.69, 9.17) is 32.4 Å². The number of ether oxygens (including phenoxy) is 1. The van der Waals surface area contributed by atoms with Crippen molar-refractivity contribution in [2.24, 2.45) is 0 Å². The first kappa shape index (κ1) is 33.3. The van der Waals surface area contributed by atoms with Crippen LogP contribution in [0, 0.1) is 0 Å². The molecule has 60 heavy (non-hydrogen) atoms. The highest BCUT2D eigenvalue weighted by molar-refractivity contribution is 6.10. The molecule has 0 spiro atoms. The van der Waals surface area contributed by atoms with Crippen molar-refractivity contribution in [2.75, 3.05) is 0 Å². The minimum absolute atomic E-state index is 0.135. The lowest BCUT2D eigenvalue weighted by Crippen LogP contribution is -2.14. The number of hydrogen-bond acceptors (Lipinski definition) is 7. The number of nitrogens with zero attached hydrogens (tertiary/aromatic N) is 2. The standard InChI is InChI=1S/C53H34N2O5/c1-53(2)39-10-4-3-9-34(39)35-24-23-33(25-40(35)53)47-28-38-49-36(26-45(57-49)29-15-19-31(20-16-29)51-54-41-11-5-7-13-43(41)59-51)48-37(50(38)58-47)27-46(56-48)30-17-21-32(22-18-30)52-55-42-12-6-8-14-44(42)60-52/h3-25,27-28,45H,26H2,1-2H3. The third-order valence-electron chi connectivity index (χ3n) is 12.6. The van der Waals surface area contributed by atoms with Gasteiger partial charge in [-0.2, -0.15) is 0 Å². The van der Waals surface area contributed by atoms with Crippen LogP contribution in [0.15, 0.2) is 169 Å². The first-order chi connectivity index (χ1) is 29.4. The Morgan fingerprint density at radius 3 is 1.78 bits per heavy atom. The lowest BCUT2D eigenvalue weighted by atomic mass is 9.82. The summed E-state index contributed by atoms with van der Waals surface area (Å²) in [5, 5.41) is 1.84. The summed E-state index contributed by atoms with van der Waals surface area (Å²) in [6.45, 7) is 4.61. The molecule has 1 unspecified atom stereocenters. The van der Waals surface area contributed by atoms with E-state index in [0.717, 1.165) is 94.8 Å². The average Bonchev–Trinajstić information content (AvgIpc) is 4.15. The van der Waals surface area contributed by atoms with Gasteiger partial charge in [-0.25, -0.2) is 9.97 Å². The fourth-order valence-corrected chi connectivity index (χ4v) is 9.44. The molecule has 0 N–H and O–H groups in total. The predicted molar refractivity (Wildman–Crippen MR) is 234 cm³/mol. The molecule has 1 aliphatic heterocycles. The van der Waals surface area contributed by atoms with Crippen molar-refractivity contribution in [3.63, 3.8) is 0 Å². The lowest BCUT2D eigenvalue weighted by Gasteiger charge is -2.21. The monoisotopic (exact) mass is 778 g/mol. The molecule has 0 bridgehead atoms. The van der Waals surface area contributed by atoms with Crippen molar-refractivity contribution in [2.45, 2.75) is 31.8 Å². The summed E-state index contributed by atoms with van der Waals surface area (Å²) in [6.07, 6.45) is 0.410. The molecular formula is C53H34N2O5. The molecule has 1 aliphatic carbocycles. The van der Waals surface area contributed by atoms with E-state index in [0.29, 0.717) is 18.2 Å². The fraction of sp³-hybridized carbons (Fsp3) is 0.0943. The van der Waals surface area contributed by atoms with Gasteiger partial charge in [-0.05, 0) is 94.5 Å². The van der Waals surface area contributed by atoms with E-state index in [2.05, 4.69) is 105 Å². The van der Waals surface area contributed by atoms with Gasteiger partial charge < -0.3 is 22.4 Å². The highest BCUT2D eigenvalue weighted by atomic mass is 16.5. The number of oxazole rings is 2. The molecule has 0 fully saturated rings.